The van der Waals surface area contributed by atoms with E-state index < -0.39 is 11.5 Å². The number of aromatic nitrogens is 2. The molecule has 8 heteroatoms. The average Bonchev–Trinajstić information content (AvgIpc) is 3.18. The van der Waals surface area contributed by atoms with Crippen LogP contribution in [0.15, 0.2) is 48.8 Å². The van der Waals surface area contributed by atoms with Crippen molar-refractivity contribution in [2.75, 3.05) is 24.5 Å². The normalized spacial score (nSPS) is 19.8. The maximum atomic E-state index is 11.5. The molecule has 1 aromatic carbocycles. The van der Waals surface area contributed by atoms with E-state index >= 15 is 0 Å². The minimum absolute atomic E-state index is 0.320. The fraction of sp³-hybridized carbons (Fsp3) is 0.440. The smallest absolute Gasteiger partial charge is 0.274 e. The number of rotatable bonds is 6. The second-order valence-electron chi connectivity index (χ2n) is 9.74. The number of hydrogen-bond acceptors (Lipinski definition) is 6. The number of β-amino-alcohol motifs (C(OH)–C–C–N with tert-alkyl or cyclic N) is 1. The first kappa shape index (κ1) is 23.2. The number of carbonyl (C=O) groups excluding carboxylic acids is 1. The van der Waals surface area contributed by atoms with Crippen LogP contribution in [0.1, 0.15) is 43.6 Å². The van der Waals surface area contributed by atoms with E-state index in [2.05, 4.69) is 45.3 Å². The topological polar surface area (TPSA) is 93.9 Å². The summed E-state index contributed by atoms with van der Waals surface area (Å²) in [4.78, 5) is 21.0. The van der Waals surface area contributed by atoms with Crippen molar-refractivity contribution in [3.8, 4) is 0 Å². The number of fused-ring (bicyclic) bond motifs is 1. The Morgan fingerprint density at radius 2 is 1.79 bits per heavy atom. The van der Waals surface area contributed by atoms with Gasteiger partial charge in [-0.25, -0.2) is 10.5 Å². The van der Waals surface area contributed by atoms with Gasteiger partial charge in [-0.05, 0) is 57.5 Å². The zero-order chi connectivity index (χ0) is 23.8. The van der Waals surface area contributed by atoms with Gasteiger partial charge in [0.25, 0.3) is 5.91 Å². The number of nitrogens with zero attached hydrogens (tertiary/aromatic N) is 4. The maximum absolute atomic E-state index is 11.5. The summed E-state index contributed by atoms with van der Waals surface area (Å²) in [7, 11) is 0. The number of nitrogens with one attached hydrogen (secondary N) is 1. The molecule has 2 aromatic heterocycles. The fourth-order valence-electron chi connectivity index (χ4n) is 4.81. The highest BCUT2D eigenvalue weighted by Crippen LogP contribution is 2.30. The molecule has 8 nitrogen and oxygen atoms in total. The second-order valence-corrected chi connectivity index (χ2v) is 9.74. The molecule has 1 aliphatic heterocycles. The minimum Gasteiger partial charge on any atom is -0.389 e. The Labute approximate surface area is 194 Å². The van der Waals surface area contributed by atoms with Gasteiger partial charge < -0.3 is 14.6 Å². The molecule has 3 N–H and O–H groups in total. The van der Waals surface area contributed by atoms with Gasteiger partial charge in [0.15, 0.2) is 0 Å². The van der Waals surface area contributed by atoms with Crippen LogP contribution in [-0.4, -0.2) is 68.0 Å². The molecule has 3 aromatic rings. The molecule has 4 rings (SSSR count). The summed E-state index contributed by atoms with van der Waals surface area (Å²) in [5.41, 5.74) is 4.48. The lowest BCUT2D eigenvalue weighted by Crippen LogP contribution is -2.59. The lowest BCUT2D eigenvalue weighted by Gasteiger charge is -2.47. The van der Waals surface area contributed by atoms with Crippen LogP contribution in [0.5, 0.6) is 0 Å². The van der Waals surface area contributed by atoms with Crippen LogP contribution in [0.4, 0.5) is 5.69 Å². The molecule has 0 spiro atoms. The van der Waals surface area contributed by atoms with Gasteiger partial charge in [0, 0.05) is 67.3 Å². The molecule has 0 aliphatic carbocycles. The molecular weight excluding hydrogens is 418 g/mol. The van der Waals surface area contributed by atoms with E-state index in [-0.39, 0.29) is 0 Å². The van der Waals surface area contributed by atoms with Crippen LogP contribution >= 0.6 is 0 Å². The van der Waals surface area contributed by atoms with Gasteiger partial charge in [0.2, 0.25) is 0 Å². The molecule has 2 unspecified atom stereocenters. The Bertz CT molecular complexity index is 1110. The van der Waals surface area contributed by atoms with E-state index in [4.69, 9.17) is 5.21 Å². The molecule has 33 heavy (non-hydrogen) atoms. The zero-order valence-electron chi connectivity index (χ0n) is 19.7. The van der Waals surface area contributed by atoms with E-state index in [0.717, 1.165) is 29.7 Å². The van der Waals surface area contributed by atoms with Crippen LogP contribution < -0.4 is 10.4 Å². The van der Waals surface area contributed by atoms with Crippen molar-refractivity contribution >= 4 is 22.6 Å². The van der Waals surface area contributed by atoms with Crippen molar-refractivity contribution in [1.82, 2.24) is 19.9 Å². The van der Waals surface area contributed by atoms with Crippen LogP contribution in [0, 0.1) is 0 Å². The minimum atomic E-state index is -0.716. The average molecular weight is 452 g/mol. The number of anilines is 1. The lowest BCUT2D eigenvalue weighted by molar-refractivity contribution is 0.00250. The Hall–Kier alpha value is -2.94. The van der Waals surface area contributed by atoms with E-state index in [0.29, 0.717) is 30.7 Å². The molecule has 0 saturated carbocycles. The van der Waals surface area contributed by atoms with Gasteiger partial charge >= 0.3 is 0 Å². The molecule has 1 fully saturated rings. The molecule has 2 atom stereocenters. The number of hydroxylamine groups is 1. The molecule has 176 valence electrons. The molecule has 1 amide bonds. The monoisotopic (exact) mass is 451 g/mol. The highest BCUT2D eigenvalue weighted by molar-refractivity contribution is 5.93. The fourth-order valence-corrected chi connectivity index (χ4v) is 4.81. The van der Waals surface area contributed by atoms with Crippen molar-refractivity contribution in [3.63, 3.8) is 0 Å². The number of pyridine rings is 1. The van der Waals surface area contributed by atoms with Crippen LogP contribution in [0.25, 0.3) is 11.0 Å². The van der Waals surface area contributed by atoms with Crippen LogP contribution in [0.3, 0.4) is 0 Å². The van der Waals surface area contributed by atoms with Gasteiger partial charge in [-0.3, -0.25) is 14.9 Å². The Morgan fingerprint density at radius 3 is 2.39 bits per heavy atom. The third kappa shape index (κ3) is 5.03. The third-order valence-electron chi connectivity index (χ3n) is 6.32. The number of aliphatic hydroxyl groups is 1. The number of amides is 1. The third-order valence-corrected chi connectivity index (χ3v) is 6.32. The number of hydrogen-bond donors (Lipinski definition) is 3. The van der Waals surface area contributed by atoms with Gasteiger partial charge in [-0.1, -0.05) is 12.1 Å². The highest BCUT2D eigenvalue weighted by atomic mass is 16.5. The quantitative estimate of drug-likeness (QED) is 0.394. The molecule has 0 radical (unpaired) electrons. The molecule has 0 bridgehead atoms. The van der Waals surface area contributed by atoms with Crippen LogP contribution in [-0.2, 0) is 6.54 Å². The van der Waals surface area contributed by atoms with Crippen LogP contribution in [0.2, 0.25) is 0 Å². The molecule has 1 saturated heterocycles. The van der Waals surface area contributed by atoms with Gasteiger partial charge in [-0.2, -0.15) is 0 Å². The first-order chi connectivity index (χ1) is 15.7. The standard InChI is InChI=1S/C25H33N5O3/c1-17-13-29(14-18(2)30(17)16-25(3,4)32)22-9-11-26-23-21(22)10-12-28(23)15-19-5-7-20(8-6-19)24(31)27-33/h5-12,17-18,32-33H,13-16H2,1-4H3,(H,27,31). The van der Waals surface area contributed by atoms with Gasteiger partial charge in [0.1, 0.15) is 5.65 Å². The molecular formula is C25H33N5O3. The predicted octanol–water partition coefficient (Wildman–Crippen LogP) is 2.87. The van der Waals surface area contributed by atoms with Crippen molar-refractivity contribution in [3.05, 3.63) is 59.9 Å². The largest absolute Gasteiger partial charge is 0.389 e. The van der Waals surface area contributed by atoms with Crippen molar-refractivity contribution in [2.45, 2.75) is 51.9 Å². The molecule has 3 heterocycles. The van der Waals surface area contributed by atoms with Crippen molar-refractivity contribution in [1.29, 1.82) is 0 Å². The summed E-state index contributed by atoms with van der Waals surface area (Å²) in [6.07, 6.45) is 3.91. The van der Waals surface area contributed by atoms with E-state index in [1.807, 2.05) is 38.4 Å². The summed E-state index contributed by atoms with van der Waals surface area (Å²) in [5, 5.41) is 20.2. The van der Waals surface area contributed by atoms with Gasteiger partial charge in [-0.15, -0.1) is 0 Å². The maximum Gasteiger partial charge on any atom is 0.274 e. The zero-order valence-corrected chi connectivity index (χ0v) is 19.7. The van der Waals surface area contributed by atoms with E-state index in [1.165, 1.54) is 5.69 Å². The predicted molar refractivity (Wildman–Crippen MR) is 129 cm³/mol. The summed E-state index contributed by atoms with van der Waals surface area (Å²) in [6, 6.07) is 12.0. The Balaban J connectivity index is 1.55. The van der Waals surface area contributed by atoms with E-state index in [9.17, 15) is 9.90 Å². The van der Waals surface area contributed by atoms with Crippen molar-refractivity contribution in [2.24, 2.45) is 0 Å². The summed E-state index contributed by atoms with van der Waals surface area (Å²) in [5.74, 6) is -0.523. The lowest BCUT2D eigenvalue weighted by atomic mass is 10.0. The number of piperazine rings is 1. The van der Waals surface area contributed by atoms with Gasteiger partial charge in [0.05, 0.1) is 5.60 Å². The first-order valence-electron chi connectivity index (χ1n) is 11.4. The first-order valence-corrected chi connectivity index (χ1v) is 11.4. The highest BCUT2D eigenvalue weighted by Gasteiger charge is 2.33. The summed E-state index contributed by atoms with van der Waals surface area (Å²) in [6.45, 7) is 11.2. The second kappa shape index (κ2) is 9.13. The van der Waals surface area contributed by atoms with Crippen molar-refractivity contribution < 1.29 is 15.1 Å². The SMILES string of the molecule is CC1CN(c2ccnc3c2ccn3Cc2ccc(C(=O)NO)cc2)CC(C)N1CC(C)(C)O. The summed E-state index contributed by atoms with van der Waals surface area (Å²) >= 11 is 0. The van der Waals surface area contributed by atoms with E-state index in [1.54, 1.807) is 17.6 Å². The summed E-state index contributed by atoms with van der Waals surface area (Å²) < 4.78 is 2.11. The number of benzene rings is 1. The number of carbonyl (C=O) groups is 1. The Morgan fingerprint density at radius 1 is 1.12 bits per heavy atom. The Kier molecular flexibility index (Phi) is 6.43. The molecule has 1 aliphatic rings.